The van der Waals surface area contributed by atoms with Crippen LogP contribution < -0.4 is 0 Å². The van der Waals surface area contributed by atoms with Gasteiger partial charge in [0, 0.05) is 69.4 Å². The molecule has 7 nitrogen and oxygen atoms in total. The summed E-state index contributed by atoms with van der Waals surface area (Å²) in [6.45, 7) is 2.71. The average molecular weight is 506 g/mol. The first-order valence-electron chi connectivity index (χ1n) is 12.8. The summed E-state index contributed by atoms with van der Waals surface area (Å²) < 4.78 is 37.0. The smallest absolute Gasteiger partial charge is 0.260 e. The van der Waals surface area contributed by atoms with Crippen LogP contribution in [0.4, 0.5) is 8.78 Å². The van der Waals surface area contributed by atoms with E-state index in [1.165, 1.54) is 12.1 Å². The Hall–Kier alpha value is -3.59. The molecule has 2 aliphatic heterocycles. The standard InChI is InChI=1S/C28H29F2N5O2/c29-21-4-5-25-24(17-21)32-26(23-3-1-2-11-31-23)35(25)22-6-12-34(13-7-22)27(36)28(30)9-14-33(15-10-28)18-20-8-16-37-19-20/h1-5,8,11,16-17,19,22H,6-7,9-10,12-15,18H2. The number of pyridine rings is 1. The fourth-order valence-corrected chi connectivity index (χ4v) is 5.65. The number of piperidine rings is 2. The monoisotopic (exact) mass is 505 g/mol. The van der Waals surface area contributed by atoms with E-state index in [2.05, 4.69) is 14.5 Å². The summed E-state index contributed by atoms with van der Waals surface area (Å²) in [5.41, 5.74) is 1.35. The van der Waals surface area contributed by atoms with E-state index in [1.807, 2.05) is 24.3 Å². The van der Waals surface area contributed by atoms with Gasteiger partial charge in [0.05, 0.1) is 23.6 Å². The average Bonchev–Trinajstić information content (AvgIpc) is 3.58. The van der Waals surface area contributed by atoms with E-state index < -0.39 is 11.6 Å². The van der Waals surface area contributed by atoms with Gasteiger partial charge in [-0.2, -0.15) is 0 Å². The number of aromatic nitrogens is 3. The number of carbonyl (C=O) groups is 1. The molecule has 1 amide bonds. The normalized spacial score (nSPS) is 18.9. The van der Waals surface area contributed by atoms with Gasteiger partial charge in [-0.15, -0.1) is 0 Å². The predicted molar refractivity (Wildman–Crippen MR) is 135 cm³/mol. The summed E-state index contributed by atoms with van der Waals surface area (Å²) in [5, 5.41) is 0. The van der Waals surface area contributed by atoms with Crippen molar-refractivity contribution in [2.45, 2.75) is 43.9 Å². The van der Waals surface area contributed by atoms with Crippen molar-refractivity contribution in [2.75, 3.05) is 26.2 Å². The number of halogens is 2. The highest BCUT2D eigenvalue weighted by molar-refractivity contribution is 5.85. The highest BCUT2D eigenvalue weighted by Gasteiger charge is 2.45. The van der Waals surface area contributed by atoms with Crippen molar-refractivity contribution in [3.05, 3.63) is 72.6 Å². The zero-order valence-corrected chi connectivity index (χ0v) is 20.5. The first-order valence-corrected chi connectivity index (χ1v) is 12.8. The van der Waals surface area contributed by atoms with Gasteiger partial charge in [-0.05, 0) is 43.2 Å². The summed E-state index contributed by atoms with van der Waals surface area (Å²) in [6, 6.07) is 12.2. The van der Waals surface area contributed by atoms with Gasteiger partial charge < -0.3 is 13.9 Å². The minimum Gasteiger partial charge on any atom is -0.472 e. The molecule has 2 fully saturated rings. The number of carbonyl (C=O) groups excluding carboxylic acids is 1. The van der Waals surface area contributed by atoms with Crippen LogP contribution in [0.3, 0.4) is 0 Å². The molecular weight excluding hydrogens is 476 g/mol. The fraction of sp³-hybridized carbons (Fsp3) is 0.393. The summed E-state index contributed by atoms with van der Waals surface area (Å²) >= 11 is 0. The lowest BCUT2D eigenvalue weighted by molar-refractivity contribution is -0.148. The Morgan fingerprint density at radius 3 is 2.59 bits per heavy atom. The van der Waals surface area contributed by atoms with Crippen LogP contribution in [0.1, 0.15) is 37.3 Å². The second-order valence-corrected chi connectivity index (χ2v) is 10.0. The molecule has 37 heavy (non-hydrogen) atoms. The maximum atomic E-state index is 15.8. The van der Waals surface area contributed by atoms with E-state index in [-0.39, 0.29) is 24.7 Å². The zero-order valence-electron chi connectivity index (χ0n) is 20.5. The van der Waals surface area contributed by atoms with Crippen LogP contribution in [-0.4, -0.2) is 62.1 Å². The number of hydrogen-bond acceptors (Lipinski definition) is 5. The molecule has 9 heteroatoms. The van der Waals surface area contributed by atoms with E-state index >= 15 is 4.39 Å². The lowest BCUT2D eigenvalue weighted by atomic mass is 9.90. The molecule has 6 rings (SSSR count). The van der Waals surface area contributed by atoms with Gasteiger partial charge >= 0.3 is 0 Å². The van der Waals surface area contributed by atoms with Crippen molar-refractivity contribution in [1.29, 1.82) is 0 Å². The van der Waals surface area contributed by atoms with Crippen molar-refractivity contribution >= 4 is 16.9 Å². The first kappa shape index (κ1) is 23.8. The maximum Gasteiger partial charge on any atom is 0.260 e. The SMILES string of the molecule is O=C(N1CCC(n2c(-c3ccccn3)nc3cc(F)ccc32)CC1)C1(F)CCN(Cc2ccoc2)CC1. The second kappa shape index (κ2) is 9.70. The third kappa shape index (κ3) is 4.64. The summed E-state index contributed by atoms with van der Waals surface area (Å²) in [5.74, 6) is -0.0523. The Balaban J connectivity index is 1.15. The van der Waals surface area contributed by atoms with Crippen LogP contribution in [0.15, 0.2) is 65.6 Å². The van der Waals surface area contributed by atoms with Gasteiger partial charge in [0.15, 0.2) is 11.5 Å². The van der Waals surface area contributed by atoms with Gasteiger partial charge in [0.1, 0.15) is 11.5 Å². The number of rotatable bonds is 5. The van der Waals surface area contributed by atoms with Crippen LogP contribution in [-0.2, 0) is 11.3 Å². The van der Waals surface area contributed by atoms with E-state index in [0.717, 1.165) is 11.1 Å². The molecule has 192 valence electrons. The van der Waals surface area contributed by atoms with Crippen molar-refractivity contribution < 1.29 is 18.0 Å². The van der Waals surface area contributed by atoms with Gasteiger partial charge in [-0.3, -0.25) is 14.7 Å². The molecule has 0 unspecified atom stereocenters. The van der Waals surface area contributed by atoms with Crippen molar-refractivity contribution in [2.24, 2.45) is 0 Å². The topological polar surface area (TPSA) is 67.4 Å². The summed E-state index contributed by atoms with van der Waals surface area (Å²) in [7, 11) is 0. The number of imidazole rings is 1. The third-order valence-corrected chi connectivity index (χ3v) is 7.68. The van der Waals surface area contributed by atoms with Crippen molar-refractivity contribution in [1.82, 2.24) is 24.3 Å². The molecule has 0 N–H and O–H groups in total. The van der Waals surface area contributed by atoms with Crippen LogP contribution in [0.5, 0.6) is 0 Å². The number of amides is 1. The quantitative estimate of drug-likeness (QED) is 0.382. The molecule has 4 aromatic rings. The van der Waals surface area contributed by atoms with Gasteiger partial charge in [-0.1, -0.05) is 6.07 Å². The minimum atomic E-state index is -1.82. The van der Waals surface area contributed by atoms with E-state index in [9.17, 15) is 9.18 Å². The largest absolute Gasteiger partial charge is 0.472 e. The zero-order chi connectivity index (χ0) is 25.4. The van der Waals surface area contributed by atoms with Gasteiger partial charge in [-0.25, -0.2) is 13.8 Å². The van der Waals surface area contributed by atoms with Gasteiger partial charge in [0.2, 0.25) is 0 Å². The molecule has 1 aromatic carbocycles. The fourth-order valence-electron chi connectivity index (χ4n) is 5.65. The number of benzene rings is 1. The molecule has 5 heterocycles. The van der Waals surface area contributed by atoms with Crippen LogP contribution in [0.2, 0.25) is 0 Å². The number of hydrogen-bond donors (Lipinski definition) is 0. The van der Waals surface area contributed by atoms with E-state index in [1.54, 1.807) is 29.7 Å². The highest BCUT2D eigenvalue weighted by atomic mass is 19.1. The molecule has 2 saturated heterocycles. The van der Waals surface area contributed by atoms with Crippen LogP contribution in [0, 0.1) is 5.82 Å². The Morgan fingerprint density at radius 2 is 1.89 bits per heavy atom. The molecule has 0 atom stereocenters. The molecule has 0 saturated carbocycles. The Kier molecular flexibility index (Phi) is 6.24. The molecule has 0 aliphatic carbocycles. The number of furan rings is 1. The number of alkyl halides is 1. The number of fused-ring (bicyclic) bond motifs is 1. The number of likely N-dealkylation sites (tertiary alicyclic amines) is 2. The third-order valence-electron chi connectivity index (χ3n) is 7.68. The second-order valence-electron chi connectivity index (χ2n) is 10.0. The van der Waals surface area contributed by atoms with Crippen LogP contribution in [0.25, 0.3) is 22.6 Å². The maximum absolute atomic E-state index is 15.8. The lowest BCUT2D eigenvalue weighted by Crippen LogP contribution is -2.53. The van der Waals surface area contributed by atoms with Gasteiger partial charge in [0.25, 0.3) is 5.91 Å². The Bertz CT molecular complexity index is 1370. The molecule has 0 spiro atoms. The highest BCUT2D eigenvalue weighted by Crippen LogP contribution is 2.35. The van der Waals surface area contributed by atoms with Crippen molar-refractivity contribution in [3.63, 3.8) is 0 Å². The Morgan fingerprint density at radius 1 is 1.08 bits per heavy atom. The number of nitrogens with zero attached hydrogens (tertiary/aromatic N) is 5. The summed E-state index contributed by atoms with van der Waals surface area (Å²) in [6.07, 6.45) is 6.77. The van der Waals surface area contributed by atoms with Crippen molar-refractivity contribution in [3.8, 4) is 11.5 Å². The molecule has 3 aromatic heterocycles. The lowest BCUT2D eigenvalue weighted by Gasteiger charge is -2.40. The van der Waals surface area contributed by atoms with E-state index in [4.69, 9.17) is 9.40 Å². The first-order chi connectivity index (χ1) is 18.0. The summed E-state index contributed by atoms with van der Waals surface area (Å²) in [4.78, 5) is 26.3. The molecular formula is C28H29F2N5O2. The predicted octanol–water partition coefficient (Wildman–Crippen LogP) is 5.00. The molecule has 2 aliphatic rings. The van der Waals surface area contributed by atoms with Crippen LogP contribution >= 0.6 is 0 Å². The minimum absolute atomic E-state index is 0.0453. The molecule has 0 radical (unpaired) electrons. The Labute approximate surface area is 213 Å². The van der Waals surface area contributed by atoms with E-state index in [0.29, 0.717) is 62.6 Å². The molecule has 0 bridgehead atoms.